The number of fused-ring (bicyclic) bond motifs is 1. The van der Waals surface area contributed by atoms with Crippen LogP contribution in [0.3, 0.4) is 0 Å². The molecule has 6 nitrogen and oxygen atoms in total. The maximum Gasteiger partial charge on any atom is 0.179 e. The van der Waals surface area contributed by atoms with Crippen LogP contribution < -0.4 is 0 Å². The quantitative estimate of drug-likeness (QED) is 0.754. The number of para-hydroxylation sites is 1. The molecule has 1 aliphatic carbocycles. The lowest BCUT2D eigenvalue weighted by Gasteiger charge is -2.09. The van der Waals surface area contributed by atoms with E-state index in [0.717, 1.165) is 41.1 Å². The fraction of sp³-hybridized carbons (Fsp3) is 0.500. The molecule has 1 aliphatic rings. The van der Waals surface area contributed by atoms with Crippen molar-refractivity contribution in [1.29, 1.82) is 0 Å². The van der Waals surface area contributed by atoms with Crippen molar-refractivity contribution in [2.24, 2.45) is 0 Å². The summed E-state index contributed by atoms with van der Waals surface area (Å²) >= 11 is 0. The monoisotopic (exact) mass is 325 g/mol. The van der Waals surface area contributed by atoms with Gasteiger partial charge in [-0.15, -0.1) is 0 Å². The van der Waals surface area contributed by atoms with Gasteiger partial charge < -0.3 is 5.11 Å². The molecule has 0 bridgehead atoms. The Bertz CT molecular complexity index is 831. The molecular formula is C18H23N5O. The molecule has 0 radical (unpaired) electrons. The van der Waals surface area contributed by atoms with Gasteiger partial charge in [0.15, 0.2) is 11.6 Å². The summed E-state index contributed by atoms with van der Waals surface area (Å²) in [4.78, 5) is 4.83. The van der Waals surface area contributed by atoms with Crippen molar-refractivity contribution >= 4 is 10.9 Å². The van der Waals surface area contributed by atoms with E-state index in [1.54, 1.807) is 0 Å². The maximum absolute atomic E-state index is 10.1. The van der Waals surface area contributed by atoms with E-state index in [0.29, 0.717) is 18.9 Å². The van der Waals surface area contributed by atoms with Gasteiger partial charge in [-0.05, 0) is 25.3 Å². The molecule has 0 unspecified atom stereocenters. The van der Waals surface area contributed by atoms with Gasteiger partial charge in [-0.2, -0.15) is 10.2 Å². The Kier molecular flexibility index (Phi) is 4.06. The highest BCUT2D eigenvalue weighted by molar-refractivity contribution is 5.91. The number of rotatable bonds is 5. The van der Waals surface area contributed by atoms with Gasteiger partial charge in [0.1, 0.15) is 5.69 Å². The number of hydrogen-bond acceptors (Lipinski definition) is 4. The standard InChI is InChI=1S/C18H23N5O/c1-2-13(24)11-23-18(19-17(22-23)12-7-3-4-8-12)16-14-9-5-6-10-15(14)20-21-16/h5-6,9-10,12-13,24H,2-4,7-8,11H2,1H3,(H,20,21)/t13-/m1/s1. The number of aromatic nitrogens is 5. The first-order valence-electron chi connectivity index (χ1n) is 8.82. The Labute approximate surface area is 140 Å². The average molecular weight is 325 g/mol. The molecule has 126 valence electrons. The lowest BCUT2D eigenvalue weighted by molar-refractivity contribution is 0.145. The second-order valence-electron chi connectivity index (χ2n) is 6.64. The molecule has 0 saturated heterocycles. The van der Waals surface area contributed by atoms with Crippen LogP contribution in [0.2, 0.25) is 0 Å². The van der Waals surface area contributed by atoms with E-state index in [9.17, 15) is 5.11 Å². The fourth-order valence-corrected chi connectivity index (χ4v) is 3.48. The zero-order valence-electron chi connectivity index (χ0n) is 13.9. The number of aromatic amines is 1. The van der Waals surface area contributed by atoms with Crippen LogP contribution in [0.5, 0.6) is 0 Å². The number of aliphatic hydroxyl groups is 1. The number of nitrogens with zero attached hydrogens (tertiary/aromatic N) is 4. The summed E-state index contributed by atoms with van der Waals surface area (Å²) in [5.74, 6) is 2.09. The van der Waals surface area contributed by atoms with Crippen LogP contribution in [0.15, 0.2) is 24.3 Å². The second kappa shape index (κ2) is 6.36. The Morgan fingerprint density at radius 2 is 2.08 bits per heavy atom. The molecule has 0 aliphatic heterocycles. The zero-order valence-corrected chi connectivity index (χ0v) is 13.9. The summed E-state index contributed by atoms with van der Waals surface area (Å²) in [7, 11) is 0. The van der Waals surface area contributed by atoms with Crippen LogP contribution in [-0.2, 0) is 6.54 Å². The van der Waals surface area contributed by atoms with Crippen molar-refractivity contribution in [2.45, 2.75) is 57.6 Å². The van der Waals surface area contributed by atoms with Crippen molar-refractivity contribution < 1.29 is 5.11 Å². The largest absolute Gasteiger partial charge is 0.391 e. The minimum absolute atomic E-state index is 0.424. The SMILES string of the molecule is CC[C@@H](O)Cn1nc(C2CCCC2)nc1-c1n[nH]c2ccccc12. The minimum atomic E-state index is -0.424. The summed E-state index contributed by atoms with van der Waals surface area (Å²) in [6.07, 6.45) is 5.07. The highest BCUT2D eigenvalue weighted by Crippen LogP contribution is 2.34. The first-order valence-corrected chi connectivity index (χ1v) is 8.82. The Morgan fingerprint density at radius 1 is 1.29 bits per heavy atom. The van der Waals surface area contributed by atoms with E-state index < -0.39 is 6.10 Å². The molecule has 0 spiro atoms. The predicted octanol–water partition coefficient (Wildman–Crippen LogP) is 3.25. The molecule has 6 heteroatoms. The molecule has 2 heterocycles. The predicted molar refractivity (Wildman–Crippen MR) is 92.6 cm³/mol. The summed E-state index contributed by atoms with van der Waals surface area (Å²) in [5.41, 5.74) is 1.80. The first kappa shape index (κ1) is 15.3. The molecule has 0 amide bonds. The highest BCUT2D eigenvalue weighted by Gasteiger charge is 2.25. The van der Waals surface area contributed by atoms with E-state index in [4.69, 9.17) is 10.1 Å². The maximum atomic E-state index is 10.1. The van der Waals surface area contributed by atoms with Gasteiger partial charge in [0.2, 0.25) is 0 Å². The molecule has 2 aromatic heterocycles. The highest BCUT2D eigenvalue weighted by atomic mass is 16.3. The lowest BCUT2D eigenvalue weighted by Crippen LogP contribution is -2.17. The number of H-pyrrole nitrogens is 1. The molecule has 1 fully saturated rings. The molecule has 2 N–H and O–H groups in total. The Hall–Kier alpha value is -2.21. The Balaban J connectivity index is 1.79. The van der Waals surface area contributed by atoms with Gasteiger partial charge in [0, 0.05) is 11.3 Å². The third-order valence-electron chi connectivity index (χ3n) is 4.95. The van der Waals surface area contributed by atoms with Gasteiger partial charge in [0.05, 0.1) is 18.2 Å². The van der Waals surface area contributed by atoms with Crippen LogP contribution in [0, 0.1) is 0 Å². The summed E-state index contributed by atoms with van der Waals surface area (Å²) in [6.45, 7) is 2.43. The molecule has 1 atom stereocenters. The fourth-order valence-electron chi connectivity index (χ4n) is 3.48. The molecule has 3 aromatic rings. The molecular weight excluding hydrogens is 302 g/mol. The van der Waals surface area contributed by atoms with E-state index in [1.807, 2.05) is 35.9 Å². The summed E-state index contributed by atoms with van der Waals surface area (Å²) in [6, 6.07) is 8.03. The third kappa shape index (κ3) is 2.71. The van der Waals surface area contributed by atoms with Crippen molar-refractivity contribution in [2.75, 3.05) is 0 Å². The number of aliphatic hydroxyl groups excluding tert-OH is 1. The van der Waals surface area contributed by atoms with Gasteiger partial charge in [-0.25, -0.2) is 9.67 Å². The first-order chi connectivity index (χ1) is 11.8. The van der Waals surface area contributed by atoms with Crippen LogP contribution in [0.1, 0.15) is 50.8 Å². The zero-order chi connectivity index (χ0) is 16.5. The van der Waals surface area contributed by atoms with E-state index in [1.165, 1.54) is 12.8 Å². The van der Waals surface area contributed by atoms with Crippen LogP contribution >= 0.6 is 0 Å². The van der Waals surface area contributed by atoms with E-state index in [-0.39, 0.29) is 0 Å². The number of hydrogen-bond donors (Lipinski definition) is 2. The summed E-state index contributed by atoms with van der Waals surface area (Å²) in [5, 5.41) is 23.4. The van der Waals surface area contributed by atoms with Crippen molar-refractivity contribution in [3.63, 3.8) is 0 Å². The lowest BCUT2D eigenvalue weighted by atomic mass is 10.1. The smallest absolute Gasteiger partial charge is 0.179 e. The minimum Gasteiger partial charge on any atom is -0.391 e. The van der Waals surface area contributed by atoms with Crippen molar-refractivity contribution in [3.05, 3.63) is 30.1 Å². The van der Waals surface area contributed by atoms with Crippen LogP contribution in [0.4, 0.5) is 0 Å². The topological polar surface area (TPSA) is 79.6 Å². The number of nitrogens with one attached hydrogen (secondary N) is 1. The third-order valence-corrected chi connectivity index (χ3v) is 4.95. The normalized spacial score (nSPS) is 16.9. The Morgan fingerprint density at radius 3 is 2.88 bits per heavy atom. The average Bonchev–Trinajstić information content (AvgIpc) is 3.33. The van der Waals surface area contributed by atoms with Crippen LogP contribution in [0.25, 0.3) is 22.4 Å². The van der Waals surface area contributed by atoms with Gasteiger partial charge >= 0.3 is 0 Å². The number of benzene rings is 1. The van der Waals surface area contributed by atoms with E-state index >= 15 is 0 Å². The van der Waals surface area contributed by atoms with Crippen LogP contribution in [-0.4, -0.2) is 36.2 Å². The second-order valence-corrected chi connectivity index (χ2v) is 6.64. The van der Waals surface area contributed by atoms with Gasteiger partial charge in [-0.1, -0.05) is 38.0 Å². The molecule has 1 saturated carbocycles. The molecule has 24 heavy (non-hydrogen) atoms. The van der Waals surface area contributed by atoms with E-state index in [2.05, 4.69) is 10.2 Å². The molecule has 1 aromatic carbocycles. The van der Waals surface area contributed by atoms with Crippen molar-refractivity contribution in [1.82, 2.24) is 25.0 Å². The summed E-state index contributed by atoms with van der Waals surface area (Å²) < 4.78 is 1.84. The van der Waals surface area contributed by atoms with Gasteiger partial charge in [0.25, 0.3) is 0 Å². The van der Waals surface area contributed by atoms with Gasteiger partial charge in [-0.3, -0.25) is 5.10 Å². The van der Waals surface area contributed by atoms with Crippen molar-refractivity contribution in [3.8, 4) is 11.5 Å². The molecule has 4 rings (SSSR count).